The molecule has 0 aliphatic carbocycles. The van der Waals surface area contributed by atoms with Gasteiger partial charge in [-0.05, 0) is 79.3 Å². The summed E-state index contributed by atoms with van der Waals surface area (Å²) >= 11 is 0. The summed E-state index contributed by atoms with van der Waals surface area (Å²) < 4.78 is 24.8. The van der Waals surface area contributed by atoms with Crippen molar-refractivity contribution in [3.8, 4) is 17.2 Å². The Morgan fingerprint density at radius 1 is 1.00 bits per heavy atom. The zero-order valence-corrected chi connectivity index (χ0v) is 20.1. The van der Waals surface area contributed by atoms with Crippen LogP contribution < -0.4 is 15.2 Å². The van der Waals surface area contributed by atoms with E-state index in [9.17, 15) is 14.0 Å². The number of primary amides is 1. The average molecular weight is 500 g/mol. The van der Waals surface area contributed by atoms with Gasteiger partial charge >= 0.3 is 6.09 Å². The lowest BCUT2D eigenvalue weighted by Gasteiger charge is -2.32. The van der Waals surface area contributed by atoms with Crippen molar-refractivity contribution >= 4 is 22.8 Å². The number of ether oxygens (including phenoxy) is 2. The molecule has 8 heteroatoms. The standard InChI is InChI=1S/C29H26FN3O4/c30-21-9-11-22(12-10-21)36-23-6-1-4-19(17-23)16-20-5-3-15-33(18-20)29(35)37-26-8-2-7-25-24(26)13-14-32-27(25)28(31)34/h1-2,4,6-14,17,20H,3,5,15-16,18H2,(H2,31,34). The number of benzene rings is 3. The highest BCUT2D eigenvalue weighted by molar-refractivity contribution is 6.06. The van der Waals surface area contributed by atoms with Crippen LogP contribution in [-0.2, 0) is 6.42 Å². The van der Waals surface area contributed by atoms with Gasteiger partial charge in [0.15, 0.2) is 0 Å². The highest BCUT2D eigenvalue weighted by Crippen LogP contribution is 2.29. The van der Waals surface area contributed by atoms with Gasteiger partial charge in [0.2, 0.25) is 0 Å². The van der Waals surface area contributed by atoms with Gasteiger partial charge < -0.3 is 20.1 Å². The van der Waals surface area contributed by atoms with Crippen LogP contribution in [0.1, 0.15) is 28.9 Å². The zero-order valence-electron chi connectivity index (χ0n) is 20.1. The van der Waals surface area contributed by atoms with Crippen molar-refractivity contribution in [3.63, 3.8) is 0 Å². The largest absolute Gasteiger partial charge is 0.457 e. The van der Waals surface area contributed by atoms with Gasteiger partial charge in [-0.2, -0.15) is 0 Å². The summed E-state index contributed by atoms with van der Waals surface area (Å²) in [6.45, 7) is 1.18. The topological polar surface area (TPSA) is 94.8 Å². The maximum Gasteiger partial charge on any atom is 0.415 e. The van der Waals surface area contributed by atoms with Gasteiger partial charge in [0, 0.05) is 30.1 Å². The van der Waals surface area contributed by atoms with E-state index in [0.717, 1.165) is 24.8 Å². The fourth-order valence-corrected chi connectivity index (χ4v) is 4.73. The molecular formula is C29H26FN3O4. The van der Waals surface area contributed by atoms with E-state index in [4.69, 9.17) is 15.2 Å². The molecule has 1 fully saturated rings. The number of pyridine rings is 1. The van der Waals surface area contributed by atoms with Crippen molar-refractivity contribution in [2.45, 2.75) is 19.3 Å². The number of carbonyl (C=O) groups excluding carboxylic acids is 2. The van der Waals surface area contributed by atoms with Crippen molar-refractivity contribution in [3.05, 3.63) is 96.1 Å². The van der Waals surface area contributed by atoms with E-state index < -0.39 is 12.0 Å². The van der Waals surface area contributed by atoms with Crippen molar-refractivity contribution in [1.29, 1.82) is 0 Å². The molecule has 188 valence electrons. The van der Waals surface area contributed by atoms with E-state index in [1.54, 1.807) is 41.3 Å². The molecule has 1 aliphatic heterocycles. The summed E-state index contributed by atoms with van der Waals surface area (Å²) in [5, 5.41) is 1.14. The number of fused-ring (bicyclic) bond motifs is 1. The first kappa shape index (κ1) is 24.2. The van der Waals surface area contributed by atoms with Crippen LogP contribution >= 0.6 is 0 Å². The quantitative estimate of drug-likeness (QED) is 0.366. The molecule has 4 aromatic rings. The van der Waals surface area contributed by atoms with E-state index >= 15 is 0 Å². The van der Waals surface area contributed by atoms with Gasteiger partial charge in [-0.1, -0.05) is 24.3 Å². The molecule has 5 rings (SSSR count). The highest BCUT2D eigenvalue weighted by Gasteiger charge is 2.26. The third-order valence-corrected chi connectivity index (χ3v) is 6.45. The number of likely N-dealkylation sites (tertiary alicyclic amines) is 1. The average Bonchev–Trinajstić information content (AvgIpc) is 2.90. The minimum absolute atomic E-state index is 0.138. The van der Waals surface area contributed by atoms with Crippen LogP contribution in [0.4, 0.5) is 9.18 Å². The molecule has 1 saturated heterocycles. The van der Waals surface area contributed by atoms with Gasteiger partial charge in [0.05, 0.1) is 0 Å². The minimum Gasteiger partial charge on any atom is -0.457 e. The first-order valence-corrected chi connectivity index (χ1v) is 12.1. The van der Waals surface area contributed by atoms with E-state index in [1.807, 2.05) is 24.3 Å². The molecule has 1 aliphatic rings. The summed E-state index contributed by atoms with van der Waals surface area (Å²) in [5.74, 6) is 0.921. The predicted octanol–water partition coefficient (Wildman–Crippen LogP) is 5.72. The third kappa shape index (κ3) is 5.69. The Kier molecular flexibility index (Phi) is 6.98. The van der Waals surface area contributed by atoms with Crippen molar-refractivity contribution in [2.24, 2.45) is 11.7 Å². The van der Waals surface area contributed by atoms with Crippen LogP contribution in [0, 0.1) is 11.7 Å². The van der Waals surface area contributed by atoms with Crippen LogP contribution in [-0.4, -0.2) is 35.0 Å². The van der Waals surface area contributed by atoms with Crippen LogP contribution in [0.5, 0.6) is 17.2 Å². The van der Waals surface area contributed by atoms with Gasteiger partial charge in [0.25, 0.3) is 5.91 Å². The second-order valence-corrected chi connectivity index (χ2v) is 9.10. The molecule has 0 radical (unpaired) electrons. The van der Waals surface area contributed by atoms with Gasteiger partial charge in [-0.15, -0.1) is 0 Å². The fourth-order valence-electron chi connectivity index (χ4n) is 4.73. The number of piperidine rings is 1. The molecule has 1 unspecified atom stereocenters. The number of aromatic nitrogens is 1. The summed E-state index contributed by atoms with van der Waals surface area (Å²) in [6.07, 6.45) is 3.70. The number of halogens is 1. The molecule has 2 N–H and O–H groups in total. The van der Waals surface area contributed by atoms with E-state index in [-0.39, 0.29) is 17.4 Å². The molecular weight excluding hydrogens is 473 g/mol. The predicted molar refractivity (Wildman–Crippen MR) is 137 cm³/mol. The van der Waals surface area contributed by atoms with Crippen LogP contribution in [0.25, 0.3) is 10.8 Å². The molecule has 1 atom stereocenters. The Labute approximate surface area is 213 Å². The summed E-state index contributed by atoms with van der Waals surface area (Å²) in [5.41, 5.74) is 6.68. The van der Waals surface area contributed by atoms with Gasteiger partial charge in [-0.25, -0.2) is 9.18 Å². The van der Waals surface area contributed by atoms with Crippen LogP contribution in [0.2, 0.25) is 0 Å². The molecule has 3 aromatic carbocycles. The Balaban J connectivity index is 1.24. The fraction of sp³-hybridized carbons (Fsp3) is 0.207. The van der Waals surface area contributed by atoms with E-state index in [2.05, 4.69) is 4.98 Å². The molecule has 7 nitrogen and oxygen atoms in total. The number of rotatable bonds is 6. The number of nitrogens with zero attached hydrogens (tertiary/aromatic N) is 2. The number of nitrogens with two attached hydrogens (primary N) is 1. The monoisotopic (exact) mass is 499 g/mol. The smallest absolute Gasteiger partial charge is 0.415 e. The molecule has 37 heavy (non-hydrogen) atoms. The molecule has 0 spiro atoms. The van der Waals surface area contributed by atoms with Crippen LogP contribution in [0.15, 0.2) is 79.0 Å². The molecule has 2 amide bonds. The summed E-state index contributed by atoms with van der Waals surface area (Å²) in [6, 6.07) is 20.5. The van der Waals surface area contributed by atoms with Crippen molar-refractivity contribution < 1.29 is 23.5 Å². The highest BCUT2D eigenvalue weighted by atomic mass is 19.1. The number of hydrogen-bond acceptors (Lipinski definition) is 5. The first-order chi connectivity index (χ1) is 18.0. The number of amides is 2. The molecule has 2 heterocycles. The van der Waals surface area contributed by atoms with E-state index in [1.165, 1.54) is 18.3 Å². The molecule has 0 bridgehead atoms. The normalized spacial score (nSPS) is 15.4. The Morgan fingerprint density at radius 2 is 1.81 bits per heavy atom. The first-order valence-electron chi connectivity index (χ1n) is 12.1. The maximum absolute atomic E-state index is 13.2. The Bertz CT molecular complexity index is 1440. The molecule has 0 saturated carbocycles. The third-order valence-electron chi connectivity index (χ3n) is 6.45. The van der Waals surface area contributed by atoms with Gasteiger partial charge in [0.1, 0.15) is 28.8 Å². The lowest BCUT2D eigenvalue weighted by atomic mass is 9.91. The number of hydrogen-bond donors (Lipinski definition) is 1. The number of carbonyl (C=O) groups is 2. The van der Waals surface area contributed by atoms with Gasteiger partial charge in [-0.3, -0.25) is 9.78 Å². The second kappa shape index (κ2) is 10.7. The SMILES string of the molecule is NC(=O)c1nccc2c(OC(=O)N3CCCC(Cc4cccc(Oc5ccc(F)cc5)c4)C3)cccc12. The second-order valence-electron chi connectivity index (χ2n) is 9.10. The summed E-state index contributed by atoms with van der Waals surface area (Å²) in [7, 11) is 0. The Hall–Kier alpha value is -4.46. The maximum atomic E-state index is 13.2. The minimum atomic E-state index is -0.639. The lowest BCUT2D eigenvalue weighted by molar-refractivity contribution is 0.0997. The summed E-state index contributed by atoms with van der Waals surface area (Å²) in [4.78, 5) is 30.6. The zero-order chi connectivity index (χ0) is 25.8. The van der Waals surface area contributed by atoms with Crippen molar-refractivity contribution in [2.75, 3.05) is 13.1 Å². The Morgan fingerprint density at radius 3 is 2.62 bits per heavy atom. The van der Waals surface area contributed by atoms with Crippen LogP contribution in [0.3, 0.4) is 0 Å². The lowest BCUT2D eigenvalue weighted by Crippen LogP contribution is -2.42. The van der Waals surface area contributed by atoms with Crippen molar-refractivity contribution in [1.82, 2.24) is 9.88 Å². The molecule has 1 aromatic heterocycles. The van der Waals surface area contributed by atoms with E-state index in [0.29, 0.717) is 41.1 Å².